The first-order valence-electron chi connectivity index (χ1n) is 10.1. The topological polar surface area (TPSA) is 62.3 Å². The highest BCUT2D eigenvalue weighted by Crippen LogP contribution is 2.21. The van der Waals surface area contributed by atoms with Gasteiger partial charge in [-0.3, -0.25) is 14.6 Å². The third-order valence-electron chi connectivity index (χ3n) is 5.49. The van der Waals surface area contributed by atoms with Crippen LogP contribution in [0.15, 0.2) is 48.5 Å². The van der Waals surface area contributed by atoms with Gasteiger partial charge in [-0.2, -0.15) is 0 Å². The quantitative estimate of drug-likeness (QED) is 0.707. The van der Waals surface area contributed by atoms with Crippen LogP contribution >= 0.6 is 0 Å². The summed E-state index contributed by atoms with van der Waals surface area (Å²) in [5.41, 5.74) is 4.44. The van der Waals surface area contributed by atoms with E-state index in [0.717, 1.165) is 42.4 Å². The van der Waals surface area contributed by atoms with Gasteiger partial charge in [0.2, 0.25) is 0 Å². The first-order valence-corrected chi connectivity index (χ1v) is 10.1. The number of likely N-dealkylation sites (tertiary alicyclic amines) is 1. The van der Waals surface area contributed by atoms with Gasteiger partial charge in [0, 0.05) is 29.7 Å². The molecule has 0 spiro atoms. The Balaban J connectivity index is 1.56. The zero-order chi connectivity index (χ0) is 20.4. The Hall–Kier alpha value is -3.21. The second kappa shape index (κ2) is 8.03. The van der Waals surface area contributed by atoms with Crippen molar-refractivity contribution in [1.82, 2.24) is 9.88 Å². The number of benzene rings is 2. The number of piperidine rings is 1. The summed E-state index contributed by atoms with van der Waals surface area (Å²) < 4.78 is 0. The van der Waals surface area contributed by atoms with Crippen LogP contribution in [-0.4, -0.2) is 34.8 Å². The minimum atomic E-state index is -0.221. The van der Waals surface area contributed by atoms with E-state index in [1.165, 1.54) is 6.42 Å². The first kappa shape index (κ1) is 19.1. The van der Waals surface area contributed by atoms with Crippen molar-refractivity contribution in [3.63, 3.8) is 0 Å². The average Bonchev–Trinajstić information content (AvgIpc) is 2.74. The normalized spacial score (nSPS) is 14.1. The van der Waals surface area contributed by atoms with Gasteiger partial charge >= 0.3 is 0 Å². The van der Waals surface area contributed by atoms with Crippen molar-refractivity contribution in [3.8, 4) is 0 Å². The van der Waals surface area contributed by atoms with Gasteiger partial charge in [-0.1, -0.05) is 24.3 Å². The fraction of sp³-hybridized carbons (Fsp3) is 0.292. The van der Waals surface area contributed by atoms with Crippen LogP contribution in [0.5, 0.6) is 0 Å². The lowest BCUT2D eigenvalue weighted by Crippen LogP contribution is -2.35. The number of nitrogens with one attached hydrogen (secondary N) is 1. The number of fused-ring (bicyclic) bond motifs is 1. The van der Waals surface area contributed by atoms with Gasteiger partial charge in [-0.05, 0) is 62.9 Å². The molecular weight excluding hydrogens is 362 g/mol. The van der Waals surface area contributed by atoms with Crippen molar-refractivity contribution in [2.75, 3.05) is 18.4 Å². The summed E-state index contributed by atoms with van der Waals surface area (Å²) in [5.74, 6) is -0.194. The van der Waals surface area contributed by atoms with Crippen LogP contribution in [0.2, 0.25) is 0 Å². The molecule has 0 atom stereocenters. The van der Waals surface area contributed by atoms with Gasteiger partial charge in [-0.25, -0.2) is 0 Å². The highest BCUT2D eigenvalue weighted by atomic mass is 16.2. The Labute approximate surface area is 170 Å². The third-order valence-corrected chi connectivity index (χ3v) is 5.49. The van der Waals surface area contributed by atoms with Crippen molar-refractivity contribution in [3.05, 3.63) is 70.9 Å². The summed E-state index contributed by atoms with van der Waals surface area (Å²) in [5, 5.41) is 3.87. The van der Waals surface area contributed by atoms with Crippen LogP contribution in [0.4, 0.5) is 5.69 Å². The van der Waals surface area contributed by atoms with Crippen LogP contribution < -0.4 is 5.32 Å². The van der Waals surface area contributed by atoms with Crippen molar-refractivity contribution in [2.24, 2.45) is 0 Å². The predicted molar refractivity (Wildman–Crippen MR) is 115 cm³/mol. The monoisotopic (exact) mass is 387 g/mol. The molecule has 29 heavy (non-hydrogen) atoms. The fourth-order valence-electron chi connectivity index (χ4n) is 3.88. The smallest absolute Gasteiger partial charge is 0.257 e. The predicted octanol–water partition coefficient (Wildman–Crippen LogP) is 4.73. The first-order chi connectivity index (χ1) is 14.0. The Kier molecular flexibility index (Phi) is 5.30. The van der Waals surface area contributed by atoms with E-state index in [-0.39, 0.29) is 11.8 Å². The number of carbonyl (C=O) groups excluding carboxylic acids is 2. The standard InChI is InChI=1S/C24H25N3O2/c1-16-8-6-9-18-15-21(17(2)25-22(16)18)23(28)26-20-11-7-10-19(14-20)24(29)27-12-4-3-5-13-27/h6-11,14-15H,3-5,12-13H2,1-2H3,(H,26,28). The zero-order valence-electron chi connectivity index (χ0n) is 16.9. The molecule has 4 rings (SSSR count). The third kappa shape index (κ3) is 3.99. The SMILES string of the molecule is Cc1nc2c(C)cccc2cc1C(=O)Nc1cccc(C(=O)N2CCCCC2)c1. The molecule has 148 valence electrons. The molecule has 1 aliphatic rings. The number of pyridine rings is 1. The van der Waals surface area contributed by atoms with E-state index in [2.05, 4.69) is 10.3 Å². The maximum atomic E-state index is 12.9. The fourth-order valence-corrected chi connectivity index (χ4v) is 3.88. The molecule has 1 N–H and O–H groups in total. The largest absolute Gasteiger partial charge is 0.339 e. The van der Waals surface area contributed by atoms with Crippen LogP contribution in [-0.2, 0) is 0 Å². The van der Waals surface area contributed by atoms with E-state index in [1.54, 1.807) is 18.2 Å². The van der Waals surface area contributed by atoms with Gasteiger partial charge < -0.3 is 10.2 Å². The Morgan fingerprint density at radius 3 is 2.52 bits per heavy atom. The molecule has 5 nitrogen and oxygen atoms in total. The van der Waals surface area contributed by atoms with Gasteiger partial charge in [0.1, 0.15) is 0 Å². The molecule has 2 amide bonds. The second-order valence-corrected chi connectivity index (χ2v) is 7.66. The summed E-state index contributed by atoms with van der Waals surface area (Å²) in [6.45, 7) is 5.46. The van der Waals surface area contributed by atoms with Crippen molar-refractivity contribution in [2.45, 2.75) is 33.1 Å². The van der Waals surface area contributed by atoms with Crippen LogP contribution in [0.1, 0.15) is 51.2 Å². The van der Waals surface area contributed by atoms with Gasteiger partial charge in [0.05, 0.1) is 16.8 Å². The summed E-state index contributed by atoms with van der Waals surface area (Å²) in [7, 11) is 0. The number of aromatic nitrogens is 1. The van der Waals surface area contributed by atoms with Crippen molar-refractivity contribution in [1.29, 1.82) is 0 Å². The molecule has 1 saturated heterocycles. The molecular formula is C24H25N3O2. The molecule has 0 unspecified atom stereocenters. The highest BCUT2D eigenvalue weighted by molar-refractivity contribution is 6.07. The van der Waals surface area contributed by atoms with Crippen molar-refractivity contribution < 1.29 is 9.59 Å². The Morgan fingerprint density at radius 1 is 0.966 bits per heavy atom. The molecule has 1 aliphatic heterocycles. The van der Waals surface area contributed by atoms with Gasteiger partial charge in [0.15, 0.2) is 0 Å². The van der Waals surface area contributed by atoms with E-state index in [9.17, 15) is 9.59 Å². The average molecular weight is 387 g/mol. The summed E-state index contributed by atoms with van der Waals surface area (Å²) >= 11 is 0. The second-order valence-electron chi connectivity index (χ2n) is 7.66. The molecule has 1 fully saturated rings. The van der Waals surface area contributed by atoms with Crippen molar-refractivity contribution >= 4 is 28.4 Å². The van der Waals surface area contributed by atoms with Crippen LogP contribution in [0.25, 0.3) is 10.9 Å². The van der Waals surface area contributed by atoms with E-state index in [0.29, 0.717) is 22.5 Å². The number of rotatable bonds is 3. The maximum absolute atomic E-state index is 12.9. The zero-order valence-corrected chi connectivity index (χ0v) is 16.9. The van der Waals surface area contributed by atoms with Gasteiger partial charge in [-0.15, -0.1) is 0 Å². The Morgan fingerprint density at radius 2 is 1.72 bits per heavy atom. The van der Waals surface area contributed by atoms with Gasteiger partial charge in [0.25, 0.3) is 11.8 Å². The molecule has 2 aromatic carbocycles. The summed E-state index contributed by atoms with van der Waals surface area (Å²) in [6, 6.07) is 15.0. The number of hydrogen-bond donors (Lipinski definition) is 1. The Bertz CT molecular complexity index is 1080. The molecule has 0 radical (unpaired) electrons. The molecule has 3 aromatic rings. The summed E-state index contributed by atoms with van der Waals surface area (Å²) in [4.78, 5) is 32.2. The lowest BCUT2D eigenvalue weighted by molar-refractivity contribution is 0.0724. The van der Waals surface area contributed by atoms with E-state index >= 15 is 0 Å². The molecule has 1 aromatic heterocycles. The molecule has 0 bridgehead atoms. The number of carbonyl (C=O) groups is 2. The lowest BCUT2D eigenvalue weighted by Gasteiger charge is -2.26. The minimum absolute atomic E-state index is 0.0276. The number of aryl methyl sites for hydroxylation is 2. The summed E-state index contributed by atoms with van der Waals surface area (Å²) in [6.07, 6.45) is 3.28. The lowest BCUT2D eigenvalue weighted by atomic mass is 10.1. The number of nitrogens with zero attached hydrogens (tertiary/aromatic N) is 2. The number of anilines is 1. The number of para-hydroxylation sites is 1. The molecule has 0 saturated carbocycles. The van der Waals surface area contributed by atoms with Crippen LogP contribution in [0.3, 0.4) is 0 Å². The van der Waals surface area contributed by atoms with E-state index in [1.807, 2.05) is 49.1 Å². The highest BCUT2D eigenvalue weighted by Gasteiger charge is 2.19. The van der Waals surface area contributed by atoms with Crippen LogP contribution in [0, 0.1) is 13.8 Å². The molecule has 0 aliphatic carbocycles. The van der Waals surface area contributed by atoms with E-state index < -0.39 is 0 Å². The maximum Gasteiger partial charge on any atom is 0.257 e. The molecule has 5 heteroatoms. The molecule has 2 heterocycles. The number of hydrogen-bond acceptors (Lipinski definition) is 3. The number of amides is 2. The minimum Gasteiger partial charge on any atom is -0.339 e. The van der Waals surface area contributed by atoms with E-state index in [4.69, 9.17) is 0 Å².